The van der Waals surface area contributed by atoms with Gasteiger partial charge in [-0.15, -0.1) is 0 Å². The predicted octanol–water partition coefficient (Wildman–Crippen LogP) is 2.23. The van der Waals surface area contributed by atoms with Crippen LogP contribution in [0.15, 0.2) is 24.3 Å². The Bertz CT molecular complexity index is 425. The van der Waals surface area contributed by atoms with Crippen LogP contribution < -0.4 is 5.73 Å². The maximum Gasteiger partial charge on any atom is 0.0555 e. The lowest BCUT2D eigenvalue weighted by Crippen LogP contribution is -2.19. The molecule has 0 radical (unpaired) electrons. The summed E-state index contributed by atoms with van der Waals surface area (Å²) in [4.78, 5) is 2.55. The van der Waals surface area contributed by atoms with Crippen LogP contribution in [0.1, 0.15) is 30.9 Å². The zero-order valence-electron chi connectivity index (χ0n) is 11.2. The second kappa shape index (κ2) is 6.58. The normalized spacial score (nSPS) is 19.6. The van der Waals surface area contributed by atoms with E-state index in [4.69, 9.17) is 5.73 Å². The van der Waals surface area contributed by atoms with Gasteiger partial charge >= 0.3 is 0 Å². The van der Waals surface area contributed by atoms with Crippen molar-refractivity contribution >= 4 is 0 Å². The van der Waals surface area contributed by atoms with Gasteiger partial charge in [0.15, 0.2) is 0 Å². The summed E-state index contributed by atoms with van der Waals surface area (Å²) in [6.45, 7) is 6.28. The molecule has 0 saturated carbocycles. The molecule has 96 valence electrons. The van der Waals surface area contributed by atoms with Gasteiger partial charge < -0.3 is 5.73 Å². The molecule has 1 aliphatic heterocycles. The van der Waals surface area contributed by atoms with Gasteiger partial charge in [-0.25, -0.2) is 0 Å². The van der Waals surface area contributed by atoms with E-state index >= 15 is 0 Å². The number of hydrogen-bond donors (Lipinski definition) is 1. The number of nitrogens with two attached hydrogens (primary N) is 1. The SMILES string of the molecule is CCC1CCN(Cc2ccc(C#CCN)cc2)C1. The van der Waals surface area contributed by atoms with E-state index in [9.17, 15) is 0 Å². The van der Waals surface area contributed by atoms with Crippen molar-refractivity contribution in [3.63, 3.8) is 0 Å². The van der Waals surface area contributed by atoms with Crippen molar-refractivity contribution in [3.8, 4) is 11.8 Å². The first-order valence-electron chi connectivity index (χ1n) is 6.82. The minimum Gasteiger partial charge on any atom is -0.320 e. The van der Waals surface area contributed by atoms with E-state index in [0.29, 0.717) is 6.54 Å². The third-order valence-electron chi connectivity index (χ3n) is 3.64. The summed E-state index contributed by atoms with van der Waals surface area (Å²) in [5.74, 6) is 6.83. The van der Waals surface area contributed by atoms with Gasteiger partial charge in [0, 0.05) is 18.7 Å². The quantitative estimate of drug-likeness (QED) is 0.824. The third kappa shape index (κ3) is 3.60. The fourth-order valence-electron chi connectivity index (χ4n) is 2.49. The fourth-order valence-corrected chi connectivity index (χ4v) is 2.49. The van der Waals surface area contributed by atoms with Gasteiger partial charge in [-0.2, -0.15) is 0 Å². The van der Waals surface area contributed by atoms with E-state index < -0.39 is 0 Å². The topological polar surface area (TPSA) is 29.3 Å². The highest BCUT2D eigenvalue weighted by Crippen LogP contribution is 2.20. The van der Waals surface area contributed by atoms with Crippen molar-refractivity contribution in [1.29, 1.82) is 0 Å². The first kappa shape index (κ1) is 13.1. The van der Waals surface area contributed by atoms with Crippen LogP contribution in [0.3, 0.4) is 0 Å². The van der Waals surface area contributed by atoms with E-state index in [0.717, 1.165) is 18.0 Å². The average Bonchev–Trinajstić information content (AvgIpc) is 2.86. The van der Waals surface area contributed by atoms with Gasteiger partial charge in [-0.05, 0) is 36.6 Å². The molecule has 1 fully saturated rings. The molecule has 0 amide bonds. The van der Waals surface area contributed by atoms with E-state index in [-0.39, 0.29) is 0 Å². The Balaban J connectivity index is 1.90. The van der Waals surface area contributed by atoms with Crippen LogP contribution >= 0.6 is 0 Å². The van der Waals surface area contributed by atoms with Crippen molar-refractivity contribution in [2.45, 2.75) is 26.3 Å². The Labute approximate surface area is 110 Å². The molecule has 2 heteroatoms. The zero-order valence-corrected chi connectivity index (χ0v) is 11.2. The molecule has 0 aliphatic carbocycles. The lowest BCUT2D eigenvalue weighted by molar-refractivity contribution is 0.315. The van der Waals surface area contributed by atoms with Crippen molar-refractivity contribution in [2.24, 2.45) is 11.7 Å². The monoisotopic (exact) mass is 242 g/mol. The second-order valence-corrected chi connectivity index (χ2v) is 5.00. The summed E-state index contributed by atoms with van der Waals surface area (Å²) in [6.07, 6.45) is 2.67. The van der Waals surface area contributed by atoms with Gasteiger partial charge in [0.2, 0.25) is 0 Å². The molecule has 1 unspecified atom stereocenters. The molecule has 1 aliphatic rings. The molecule has 0 aromatic heterocycles. The molecule has 1 heterocycles. The Morgan fingerprint density at radius 3 is 2.72 bits per heavy atom. The molecule has 2 N–H and O–H groups in total. The van der Waals surface area contributed by atoms with E-state index in [1.54, 1.807) is 0 Å². The zero-order chi connectivity index (χ0) is 12.8. The summed E-state index contributed by atoms with van der Waals surface area (Å²) in [7, 11) is 0. The molecular weight excluding hydrogens is 220 g/mol. The number of rotatable bonds is 3. The Kier molecular flexibility index (Phi) is 4.81. The van der Waals surface area contributed by atoms with Gasteiger partial charge in [-0.3, -0.25) is 4.90 Å². The Morgan fingerprint density at radius 2 is 2.11 bits per heavy atom. The first-order chi connectivity index (χ1) is 8.81. The highest BCUT2D eigenvalue weighted by atomic mass is 15.1. The van der Waals surface area contributed by atoms with Gasteiger partial charge in [-0.1, -0.05) is 37.3 Å². The van der Waals surface area contributed by atoms with Crippen LogP contribution in [0.2, 0.25) is 0 Å². The summed E-state index contributed by atoms with van der Waals surface area (Å²) >= 11 is 0. The first-order valence-corrected chi connectivity index (χ1v) is 6.82. The third-order valence-corrected chi connectivity index (χ3v) is 3.64. The van der Waals surface area contributed by atoms with Crippen molar-refractivity contribution in [2.75, 3.05) is 19.6 Å². The maximum atomic E-state index is 5.36. The summed E-state index contributed by atoms with van der Waals surface area (Å²) < 4.78 is 0. The van der Waals surface area contributed by atoms with Gasteiger partial charge in [0.25, 0.3) is 0 Å². The molecular formula is C16H22N2. The Morgan fingerprint density at radius 1 is 1.33 bits per heavy atom. The predicted molar refractivity (Wildman–Crippen MR) is 76.0 cm³/mol. The van der Waals surface area contributed by atoms with E-state index in [2.05, 4.69) is 47.9 Å². The fraction of sp³-hybridized carbons (Fsp3) is 0.500. The molecule has 1 saturated heterocycles. The summed E-state index contributed by atoms with van der Waals surface area (Å²) in [5, 5.41) is 0. The van der Waals surface area contributed by atoms with Crippen molar-refractivity contribution in [3.05, 3.63) is 35.4 Å². The average molecular weight is 242 g/mol. The number of benzene rings is 1. The highest BCUT2D eigenvalue weighted by molar-refractivity contribution is 5.36. The molecule has 0 spiro atoms. The van der Waals surface area contributed by atoms with E-state index in [1.807, 2.05) is 0 Å². The van der Waals surface area contributed by atoms with Gasteiger partial charge in [0.1, 0.15) is 0 Å². The van der Waals surface area contributed by atoms with Crippen LogP contribution in [-0.4, -0.2) is 24.5 Å². The van der Waals surface area contributed by atoms with Crippen LogP contribution in [-0.2, 0) is 6.54 Å². The smallest absolute Gasteiger partial charge is 0.0555 e. The molecule has 1 aromatic carbocycles. The number of likely N-dealkylation sites (tertiary alicyclic amines) is 1. The molecule has 2 nitrogen and oxygen atoms in total. The second-order valence-electron chi connectivity index (χ2n) is 5.00. The van der Waals surface area contributed by atoms with E-state index in [1.165, 1.54) is 31.5 Å². The largest absolute Gasteiger partial charge is 0.320 e. The lowest BCUT2D eigenvalue weighted by atomic mass is 10.1. The minimum absolute atomic E-state index is 0.425. The Hall–Kier alpha value is -1.30. The number of nitrogens with zero attached hydrogens (tertiary/aromatic N) is 1. The standard InChI is InChI=1S/C16H22N2/c1-2-14-9-11-18(12-14)13-16-7-5-15(6-8-16)4-3-10-17/h5-8,14H,2,9-13,17H2,1H3. The highest BCUT2D eigenvalue weighted by Gasteiger charge is 2.20. The van der Waals surface area contributed by atoms with Crippen molar-refractivity contribution < 1.29 is 0 Å². The molecule has 1 atom stereocenters. The van der Waals surface area contributed by atoms with Crippen LogP contribution in [0.5, 0.6) is 0 Å². The van der Waals surface area contributed by atoms with Gasteiger partial charge in [0.05, 0.1) is 6.54 Å². The molecule has 1 aromatic rings. The van der Waals surface area contributed by atoms with Crippen LogP contribution in [0.4, 0.5) is 0 Å². The van der Waals surface area contributed by atoms with Crippen molar-refractivity contribution in [1.82, 2.24) is 4.90 Å². The lowest BCUT2D eigenvalue weighted by Gasteiger charge is -2.15. The molecule has 0 bridgehead atoms. The minimum atomic E-state index is 0.425. The summed E-state index contributed by atoms with van der Waals surface area (Å²) in [6, 6.07) is 8.54. The summed E-state index contributed by atoms with van der Waals surface area (Å²) in [5.41, 5.74) is 7.79. The van der Waals surface area contributed by atoms with Crippen LogP contribution in [0.25, 0.3) is 0 Å². The molecule has 18 heavy (non-hydrogen) atoms. The van der Waals surface area contributed by atoms with Crippen LogP contribution in [0, 0.1) is 17.8 Å². The molecule has 2 rings (SSSR count). The number of hydrogen-bond acceptors (Lipinski definition) is 2. The maximum absolute atomic E-state index is 5.36.